The normalized spacial score (nSPS) is 14.1. The molecule has 12 heteroatoms. The van der Waals surface area contributed by atoms with Gasteiger partial charge in [-0.1, -0.05) is 27.7 Å². The first-order chi connectivity index (χ1) is 14.3. The van der Waals surface area contributed by atoms with Gasteiger partial charge in [0.2, 0.25) is 6.29 Å². The molecule has 0 aromatic heterocycles. The molecule has 0 heterocycles. The summed E-state index contributed by atoms with van der Waals surface area (Å²) in [6.45, 7) is 8.53. The number of nitrogens with two attached hydrogens (primary N) is 1. The van der Waals surface area contributed by atoms with Gasteiger partial charge in [0.1, 0.15) is 0 Å². The van der Waals surface area contributed by atoms with Crippen LogP contribution in [0.4, 0.5) is 13.6 Å². The van der Waals surface area contributed by atoms with Gasteiger partial charge in [0.25, 0.3) is 6.43 Å². The number of halogens is 2. The number of alkyl halides is 2. The Labute approximate surface area is 180 Å². The van der Waals surface area contributed by atoms with Gasteiger partial charge in [-0.25, -0.2) is 23.2 Å². The van der Waals surface area contributed by atoms with Gasteiger partial charge in [-0.3, -0.25) is 4.79 Å². The molecule has 0 aromatic rings. The standard InChI is InChI=1S/C19H32F2N2O8/c1-7-28-18(27)23(31-15(25)12(4)5)10-8-9-19(22,16(20)21)17(26)30-13(6)29-14(24)11(2)3/h11-13,16H,7-10,22H2,1-6H3. The number of ether oxygens (including phenoxy) is 3. The zero-order chi connectivity index (χ0) is 24.4. The molecule has 0 aliphatic rings. The molecule has 0 radical (unpaired) electrons. The number of amides is 1. The van der Waals surface area contributed by atoms with Crippen LogP contribution < -0.4 is 5.73 Å². The molecular formula is C19H32F2N2O8. The molecule has 0 aromatic carbocycles. The van der Waals surface area contributed by atoms with Crippen molar-refractivity contribution < 1.29 is 47.0 Å². The van der Waals surface area contributed by atoms with Crippen molar-refractivity contribution in [3.8, 4) is 0 Å². The van der Waals surface area contributed by atoms with Gasteiger partial charge >= 0.3 is 24.0 Å². The van der Waals surface area contributed by atoms with Crippen molar-refractivity contribution in [2.24, 2.45) is 17.6 Å². The van der Waals surface area contributed by atoms with Crippen molar-refractivity contribution in [1.29, 1.82) is 0 Å². The third-order valence-electron chi connectivity index (χ3n) is 3.89. The Balaban J connectivity index is 5.12. The maximum Gasteiger partial charge on any atom is 0.443 e. The summed E-state index contributed by atoms with van der Waals surface area (Å²) in [4.78, 5) is 52.4. The van der Waals surface area contributed by atoms with Crippen LogP contribution in [0.5, 0.6) is 0 Å². The minimum atomic E-state index is -3.32. The van der Waals surface area contributed by atoms with Gasteiger partial charge in [0, 0.05) is 6.92 Å². The van der Waals surface area contributed by atoms with Crippen LogP contribution >= 0.6 is 0 Å². The summed E-state index contributed by atoms with van der Waals surface area (Å²) in [5.74, 6) is -3.97. The molecular weight excluding hydrogens is 422 g/mol. The SMILES string of the molecule is CCOC(=O)N(CCCC(N)(C(=O)OC(C)OC(=O)C(C)C)C(F)F)OC(=O)C(C)C. The Hall–Kier alpha value is -2.50. The first kappa shape index (κ1) is 28.5. The van der Waals surface area contributed by atoms with Gasteiger partial charge in [-0.05, 0) is 19.8 Å². The van der Waals surface area contributed by atoms with Crippen LogP contribution in [0, 0.1) is 11.8 Å². The maximum absolute atomic E-state index is 13.6. The molecule has 0 aliphatic heterocycles. The van der Waals surface area contributed by atoms with E-state index >= 15 is 0 Å². The highest BCUT2D eigenvalue weighted by molar-refractivity contribution is 5.81. The second kappa shape index (κ2) is 13.0. The van der Waals surface area contributed by atoms with E-state index in [2.05, 4.69) is 0 Å². The monoisotopic (exact) mass is 454 g/mol. The highest BCUT2D eigenvalue weighted by Gasteiger charge is 2.46. The average Bonchev–Trinajstić information content (AvgIpc) is 2.66. The van der Waals surface area contributed by atoms with Gasteiger partial charge in [0.15, 0.2) is 5.54 Å². The summed E-state index contributed by atoms with van der Waals surface area (Å²) in [5, 5.41) is 0.579. The first-order valence-corrected chi connectivity index (χ1v) is 9.90. The summed E-state index contributed by atoms with van der Waals surface area (Å²) in [7, 11) is 0. The highest BCUT2D eigenvalue weighted by Crippen LogP contribution is 2.23. The van der Waals surface area contributed by atoms with E-state index in [0.29, 0.717) is 5.06 Å². The number of hydrogen-bond donors (Lipinski definition) is 1. The zero-order valence-corrected chi connectivity index (χ0v) is 18.7. The van der Waals surface area contributed by atoms with Crippen LogP contribution in [0.15, 0.2) is 0 Å². The predicted octanol–water partition coefficient (Wildman–Crippen LogP) is 2.39. The molecule has 31 heavy (non-hydrogen) atoms. The largest absolute Gasteiger partial charge is 0.448 e. The molecule has 2 atom stereocenters. The summed E-state index contributed by atoms with van der Waals surface area (Å²) in [6.07, 6.45) is -6.61. The lowest BCUT2D eigenvalue weighted by molar-refractivity contribution is -0.195. The van der Waals surface area contributed by atoms with Crippen molar-refractivity contribution in [3.63, 3.8) is 0 Å². The molecule has 0 fully saturated rings. The number of rotatable bonds is 11. The molecule has 2 unspecified atom stereocenters. The number of esters is 2. The van der Waals surface area contributed by atoms with E-state index in [0.717, 1.165) is 0 Å². The molecule has 0 rings (SSSR count). The van der Waals surface area contributed by atoms with E-state index in [9.17, 15) is 28.0 Å². The van der Waals surface area contributed by atoms with Crippen molar-refractivity contribution in [1.82, 2.24) is 5.06 Å². The van der Waals surface area contributed by atoms with Crippen molar-refractivity contribution >= 4 is 24.0 Å². The first-order valence-electron chi connectivity index (χ1n) is 9.90. The van der Waals surface area contributed by atoms with Crippen LogP contribution in [0.25, 0.3) is 0 Å². The molecule has 180 valence electrons. The molecule has 2 N–H and O–H groups in total. The minimum Gasteiger partial charge on any atom is -0.448 e. The molecule has 0 aliphatic carbocycles. The van der Waals surface area contributed by atoms with E-state index in [1.165, 1.54) is 27.7 Å². The number of hydrogen-bond acceptors (Lipinski definition) is 9. The summed E-state index contributed by atoms with van der Waals surface area (Å²) >= 11 is 0. The zero-order valence-electron chi connectivity index (χ0n) is 18.7. The van der Waals surface area contributed by atoms with Crippen LogP contribution in [-0.2, 0) is 33.4 Å². The van der Waals surface area contributed by atoms with E-state index in [-0.39, 0.29) is 19.6 Å². The number of carbonyl (C=O) groups excluding carboxylic acids is 4. The van der Waals surface area contributed by atoms with Gasteiger partial charge in [-0.2, -0.15) is 0 Å². The molecule has 1 amide bonds. The Morgan fingerprint density at radius 2 is 1.52 bits per heavy atom. The third kappa shape index (κ3) is 9.45. The number of carbonyl (C=O) groups is 4. The molecule has 10 nitrogen and oxygen atoms in total. The lowest BCUT2D eigenvalue weighted by Gasteiger charge is -2.29. The van der Waals surface area contributed by atoms with Crippen LogP contribution in [-0.4, -0.2) is 60.5 Å². The summed E-state index contributed by atoms with van der Waals surface area (Å²) in [6, 6.07) is 0. The average molecular weight is 454 g/mol. The fourth-order valence-corrected chi connectivity index (χ4v) is 1.98. The van der Waals surface area contributed by atoms with Crippen LogP contribution in [0.1, 0.15) is 54.4 Å². The second-order valence-corrected chi connectivity index (χ2v) is 7.38. The Bertz CT molecular complexity index is 630. The van der Waals surface area contributed by atoms with E-state index in [4.69, 9.17) is 24.8 Å². The van der Waals surface area contributed by atoms with Crippen molar-refractivity contribution in [2.75, 3.05) is 13.2 Å². The second-order valence-electron chi connectivity index (χ2n) is 7.38. The molecule has 0 spiro atoms. The molecule has 0 bridgehead atoms. The maximum atomic E-state index is 13.6. The van der Waals surface area contributed by atoms with Crippen LogP contribution in [0.2, 0.25) is 0 Å². The summed E-state index contributed by atoms with van der Waals surface area (Å²) < 4.78 is 41.5. The van der Waals surface area contributed by atoms with Crippen LogP contribution in [0.3, 0.4) is 0 Å². The minimum absolute atomic E-state index is 0.00820. The molecule has 0 saturated heterocycles. The van der Waals surface area contributed by atoms with E-state index in [1.807, 2.05) is 0 Å². The third-order valence-corrected chi connectivity index (χ3v) is 3.89. The van der Waals surface area contributed by atoms with Gasteiger partial charge in [0.05, 0.1) is 25.0 Å². The van der Waals surface area contributed by atoms with Gasteiger partial charge in [-0.15, -0.1) is 5.06 Å². The number of nitrogens with zero attached hydrogens (tertiary/aromatic N) is 1. The fourth-order valence-electron chi connectivity index (χ4n) is 1.98. The summed E-state index contributed by atoms with van der Waals surface area (Å²) in [5.41, 5.74) is 2.85. The van der Waals surface area contributed by atoms with E-state index in [1.54, 1.807) is 13.8 Å². The van der Waals surface area contributed by atoms with Crippen molar-refractivity contribution in [2.45, 2.75) is 72.6 Å². The Morgan fingerprint density at radius 1 is 0.968 bits per heavy atom. The fraction of sp³-hybridized carbons (Fsp3) is 0.789. The smallest absolute Gasteiger partial charge is 0.443 e. The lowest BCUT2D eigenvalue weighted by Crippen LogP contribution is -2.56. The van der Waals surface area contributed by atoms with E-state index < -0.39 is 60.5 Å². The lowest BCUT2D eigenvalue weighted by atomic mass is 9.95. The predicted molar refractivity (Wildman–Crippen MR) is 103 cm³/mol. The topological polar surface area (TPSA) is 134 Å². The van der Waals surface area contributed by atoms with Crippen molar-refractivity contribution in [3.05, 3.63) is 0 Å². The Morgan fingerprint density at radius 3 is 1.97 bits per heavy atom. The Kier molecular flexibility index (Phi) is 12.0. The quantitative estimate of drug-likeness (QED) is 0.284. The number of hydroxylamine groups is 2. The highest BCUT2D eigenvalue weighted by atomic mass is 19.3. The molecule has 0 saturated carbocycles. The van der Waals surface area contributed by atoms with Gasteiger partial charge < -0.3 is 24.8 Å².